The molecule has 1 amide bonds. The summed E-state index contributed by atoms with van der Waals surface area (Å²) in [5, 5.41) is 5.43. The third kappa shape index (κ3) is 5.42. The Labute approximate surface area is 133 Å². The van der Waals surface area contributed by atoms with Gasteiger partial charge in [0.2, 0.25) is 5.91 Å². The molecule has 0 atom stereocenters. The number of carbonyl (C=O) groups is 1. The molecule has 0 unspecified atom stereocenters. The smallest absolute Gasteiger partial charge is 0.226 e. The number of aromatic nitrogens is 2. The average molecular weight is 335 g/mol. The normalized spacial score (nSPS) is 9.25. The molecule has 0 saturated carbocycles. The fourth-order valence-corrected chi connectivity index (χ4v) is 2.23. The molecule has 5 nitrogen and oxygen atoms in total. The maximum atomic E-state index is 11.5. The summed E-state index contributed by atoms with van der Waals surface area (Å²) in [6, 6.07) is 5.67. The van der Waals surface area contributed by atoms with Gasteiger partial charge in [-0.1, -0.05) is 6.07 Å². The van der Waals surface area contributed by atoms with Gasteiger partial charge in [0.15, 0.2) is 0 Å². The summed E-state index contributed by atoms with van der Waals surface area (Å²) in [5.74, 6) is -0.0571. The molecule has 0 saturated heterocycles. The lowest BCUT2D eigenvalue weighted by atomic mass is 10.3. The molecule has 2 aromatic heterocycles. The molecule has 8 heteroatoms. The lowest BCUT2D eigenvalue weighted by molar-refractivity contribution is -0.120. The van der Waals surface area contributed by atoms with E-state index < -0.39 is 0 Å². The topological polar surface area (TPSA) is 80.9 Å². The number of thiazole rings is 1. The highest BCUT2D eigenvalue weighted by molar-refractivity contribution is 7.13. The monoisotopic (exact) mass is 334 g/mol. The van der Waals surface area contributed by atoms with Gasteiger partial charge >= 0.3 is 0 Å². The standard InChI is InChI=1S/C12H14N4OS.2ClH/c13-4-6-15-11(17)7-9-8-18-12(16-9)10-3-1-2-5-14-10;;/h1-3,5,8H,4,6-7,13H2,(H,15,17);2*1H. The van der Waals surface area contributed by atoms with Crippen LogP contribution in [0.1, 0.15) is 5.69 Å². The van der Waals surface area contributed by atoms with Crippen LogP contribution in [0.25, 0.3) is 10.7 Å². The molecule has 0 fully saturated rings. The molecule has 0 aromatic carbocycles. The van der Waals surface area contributed by atoms with Crippen LogP contribution in [0.2, 0.25) is 0 Å². The number of amides is 1. The molecule has 0 spiro atoms. The van der Waals surface area contributed by atoms with Gasteiger partial charge in [-0.3, -0.25) is 9.78 Å². The van der Waals surface area contributed by atoms with E-state index in [-0.39, 0.29) is 37.1 Å². The first-order valence-corrected chi connectivity index (χ1v) is 6.50. The SMILES string of the molecule is Cl.Cl.NCCNC(=O)Cc1csc(-c2ccccn2)n1. The van der Waals surface area contributed by atoms with Crippen molar-refractivity contribution in [2.45, 2.75) is 6.42 Å². The predicted octanol–water partition coefficient (Wildman–Crippen LogP) is 1.67. The Kier molecular flexibility index (Phi) is 9.07. The molecular formula is C12H16Cl2N4OS. The zero-order valence-electron chi connectivity index (χ0n) is 10.6. The van der Waals surface area contributed by atoms with Crippen LogP contribution in [0.5, 0.6) is 0 Å². The largest absolute Gasteiger partial charge is 0.354 e. The summed E-state index contributed by atoms with van der Waals surface area (Å²) in [6.45, 7) is 0.943. The van der Waals surface area contributed by atoms with Crippen LogP contribution in [0.15, 0.2) is 29.8 Å². The van der Waals surface area contributed by atoms with Gasteiger partial charge in [-0.25, -0.2) is 4.98 Å². The number of rotatable bonds is 5. The molecule has 0 aliphatic heterocycles. The number of hydrogen-bond donors (Lipinski definition) is 2. The maximum absolute atomic E-state index is 11.5. The molecule has 3 N–H and O–H groups in total. The van der Waals surface area contributed by atoms with Crippen molar-refractivity contribution in [1.82, 2.24) is 15.3 Å². The first kappa shape index (κ1) is 18.8. The first-order valence-electron chi connectivity index (χ1n) is 5.62. The molecule has 2 aromatic rings. The average Bonchev–Trinajstić information content (AvgIpc) is 2.86. The Balaban J connectivity index is 0.00000180. The van der Waals surface area contributed by atoms with Gasteiger partial charge in [0.05, 0.1) is 17.8 Å². The van der Waals surface area contributed by atoms with Gasteiger partial charge < -0.3 is 11.1 Å². The molecule has 2 rings (SSSR count). The van der Waals surface area contributed by atoms with Crippen molar-refractivity contribution in [3.8, 4) is 10.7 Å². The molecule has 0 aliphatic carbocycles. The first-order chi connectivity index (χ1) is 8.79. The summed E-state index contributed by atoms with van der Waals surface area (Å²) in [4.78, 5) is 20.1. The van der Waals surface area contributed by atoms with E-state index in [9.17, 15) is 4.79 Å². The fourth-order valence-electron chi connectivity index (χ4n) is 1.43. The summed E-state index contributed by atoms with van der Waals surface area (Å²) in [7, 11) is 0. The Bertz CT molecular complexity index is 521. The van der Waals surface area contributed by atoms with Crippen LogP contribution in [0.3, 0.4) is 0 Å². The van der Waals surface area contributed by atoms with Crippen LogP contribution < -0.4 is 11.1 Å². The second-order valence-electron chi connectivity index (χ2n) is 3.67. The minimum absolute atomic E-state index is 0. The Morgan fingerprint density at radius 1 is 1.35 bits per heavy atom. The van der Waals surface area contributed by atoms with Crippen LogP contribution in [0, 0.1) is 0 Å². The Morgan fingerprint density at radius 2 is 2.15 bits per heavy atom. The van der Waals surface area contributed by atoms with Gasteiger partial charge in [0.1, 0.15) is 5.01 Å². The third-order valence-electron chi connectivity index (χ3n) is 2.24. The number of carbonyl (C=O) groups excluding carboxylic acids is 1. The van der Waals surface area contributed by atoms with E-state index in [1.807, 2.05) is 23.6 Å². The Hall–Kier alpha value is -1.21. The van der Waals surface area contributed by atoms with Crippen molar-refractivity contribution >= 4 is 42.1 Å². The number of hydrogen-bond acceptors (Lipinski definition) is 5. The van der Waals surface area contributed by atoms with E-state index in [0.717, 1.165) is 16.4 Å². The zero-order valence-corrected chi connectivity index (χ0v) is 13.1. The fraction of sp³-hybridized carbons (Fsp3) is 0.250. The van der Waals surface area contributed by atoms with Gasteiger partial charge in [-0.15, -0.1) is 36.2 Å². The van der Waals surface area contributed by atoms with Crippen molar-refractivity contribution in [2.75, 3.05) is 13.1 Å². The van der Waals surface area contributed by atoms with Crippen molar-refractivity contribution in [2.24, 2.45) is 5.73 Å². The lowest BCUT2D eigenvalue weighted by Gasteiger charge is -2.00. The molecule has 0 radical (unpaired) electrons. The van der Waals surface area contributed by atoms with Gasteiger partial charge in [0, 0.05) is 24.7 Å². The van der Waals surface area contributed by atoms with Crippen molar-refractivity contribution in [1.29, 1.82) is 0 Å². The second kappa shape index (κ2) is 9.66. The van der Waals surface area contributed by atoms with E-state index in [0.29, 0.717) is 13.1 Å². The predicted molar refractivity (Wildman–Crippen MR) is 85.6 cm³/mol. The highest BCUT2D eigenvalue weighted by Crippen LogP contribution is 2.21. The van der Waals surface area contributed by atoms with Gasteiger partial charge in [-0.05, 0) is 12.1 Å². The molecule has 110 valence electrons. The zero-order chi connectivity index (χ0) is 12.8. The van der Waals surface area contributed by atoms with E-state index in [2.05, 4.69) is 15.3 Å². The molecule has 0 aliphatic rings. The summed E-state index contributed by atoms with van der Waals surface area (Å²) >= 11 is 1.49. The summed E-state index contributed by atoms with van der Waals surface area (Å²) in [5.41, 5.74) is 6.90. The molecular weight excluding hydrogens is 319 g/mol. The quantitative estimate of drug-likeness (QED) is 0.871. The van der Waals surface area contributed by atoms with Crippen molar-refractivity contribution in [3.05, 3.63) is 35.5 Å². The number of nitrogens with one attached hydrogen (secondary N) is 1. The third-order valence-corrected chi connectivity index (χ3v) is 3.16. The lowest BCUT2D eigenvalue weighted by Crippen LogP contribution is -2.30. The molecule has 0 bridgehead atoms. The van der Waals surface area contributed by atoms with Crippen LogP contribution >= 0.6 is 36.2 Å². The van der Waals surface area contributed by atoms with Crippen LogP contribution in [-0.2, 0) is 11.2 Å². The van der Waals surface area contributed by atoms with Gasteiger partial charge in [-0.2, -0.15) is 0 Å². The van der Waals surface area contributed by atoms with Gasteiger partial charge in [0.25, 0.3) is 0 Å². The van der Waals surface area contributed by atoms with E-state index in [4.69, 9.17) is 5.73 Å². The van der Waals surface area contributed by atoms with E-state index in [1.54, 1.807) is 6.20 Å². The van der Waals surface area contributed by atoms with Crippen molar-refractivity contribution in [3.63, 3.8) is 0 Å². The highest BCUT2D eigenvalue weighted by Gasteiger charge is 2.08. The number of pyridine rings is 1. The molecule has 20 heavy (non-hydrogen) atoms. The second-order valence-corrected chi connectivity index (χ2v) is 4.53. The highest BCUT2D eigenvalue weighted by atomic mass is 35.5. The van der Waals surface area contributed by atoms with Crippen LogP contribution in [0.4, 0.5) is 0 Å². The molecule has 2 heterocycles. The minimum Gasteiger partial charge on any atom is -0.354 e. The summed E-state index contributed by atoms with van der Waals surface area (Å²) in [6.07, 6.45) is 2.01. The minimum atomic E-state index is -0.0571. The number of nitrogens with two attached hydrogens (primary N) is 1. The summed E-state index contributed by atoms with van der Waals surface area (Å²) < 4.78 is 0. The van der Waals surface area contributed by atoms with Crippen molar-refractivity contribution < 1.29 is 4.79 Å². The Morgan fingerprint density at radius 3 is 2.80 bits per heavy atom. The van der Waals surface area contributed by atoms with Crippen LogP contribution in [-0.4, -0.2) is 29.0 Å². The van der Waals surface area contributed by atoms with E-state index in [1.165, 1.54) is 11.3 Å². The maximum Gasteiger partial charge on any atom is 0.226 e. The van der Waals surface area contributed by atoms with E-state index >= 15 is 0 Å². The number of halogens is 2. The number of nitrogens with zero attached hydrogens (tertiary/aromatic N) is 2.